The zero-order valence-corrected chi connectivity index (χ0v) is 27.3. The van der Waals surface area contributed by atoms with Gasteiger partial charge in [-0.3, -0.25) is 0 Å². The topological polar surface area (TPSA) is 63.6 Å². The van der Waals surface area contributed by atoms with Crippen LogP contribution in [0.1, 0.15) is 26.3 Å². The molecule has 0 unspecified atom stereocenters. The molecule has 4 nitrogen and oxygen atoms in total. The van der Waals surface area contributed by atoms with Crippen LogP contribution in [0.15, 0.2) is 180 Å². The van der Waals surface area contributed by atoms with Crippen molar-refractivity contribution in [3.63, 3.8) is 0 Å². The zero-order chi connectivity index (χ0) is 31.8. The van der Waals surface area contributed by atoms with Crippen LogP contribution in [0.25, 0.3) is 0 Å². The molecule has 0 aliphatic carbocycles. The van der Waals surface area contributed by atoms with Gasteiger partial charge < -0.3 is 5.11 Å². The Morgan fingerprint density at radius 2 is 0.870 bits per heavy atom. The Labute approximate surface area is 276 Å². The van der Waals surface area contributed by atoms with Crippen molar-refractivity contribution in [3.05, 3.63) is 187 Å². The molecular formula is C39H31O4PS2. The maximum atomic E-state index is 14.5. The second kappa shape index (κ2) is 13.8. The number of carboxylic acids is 1. The third-order valence-corrected chi connectivity index (χ3v) is 16.1. The molecule has 0 fully saturated rings. The van der Waals surface area contributed by atoms with E-state index in [1.54, 1.807) is 24.3 Å². The number of benzene rings is 6. The molecule has 0 aliphatic heterocycles. The third-order valence-electron chi connectivity index (χ3n) is 7.94. The first-order valence-electron chi connectivity index (χ1n) is 14.7. The fourth-order valence-electron chi connectivity index (χ4n) is 5.70. The molecule has 0 aliphatic rings. The molecule has 0 radical (unpaired) electrons. The normalized spacial score (nSPS) is 12.0. The van der Waals surface area contributed by atoms with Crippen LogP contribution in [0.5, 0.6) is 0 Å². The van der Waals surface area contributed by atoms with Crippen LogP contribution in [0.3, 0.4) is 0 Å². The average molecular weight is 659 g/mol. The van der Waals surface area contributed by atoms with Gasteiger partial charge in [0.05, 0.1) is 0 Å². The Morgan fingerprint density at radius 3 is 1.26 bits per heavy atom. The van der Waals surface area contributed by atoms with E-state index >= 15 is 0 Å². The van der Waals surface area contributed by atoms with E-state index in [1.807, 2.05) is 97.1 Å². The third kappa shape index (κ3) is 6.25. The number of aromatic carboxylic acids is 1. The van der Waals surface area contributed by atoms with E-state index in [0.717, 1.165) is 31.3 Å². The van der Waals surface area contributed by atoms with Crippen molar-refractivity contribution in [1.29, 1.82) is 0 Å². The minimum absolute atomic E-state index is 0.253. The van der Waals surface area contributed by atoms with E-state index in [9.17, 15) is 9.59 Å². The van der Waals surface area contributed by atoms with Crippen molar-refractivity contribution in [1.82, 2.24) is 0 Å². The molecule has 0 saturated heterocycles. The molecule has 0 heterocycles. The number of hydrogen-bond donors (Lipinski definition) is 1. The first-order chi connectivity index (χ1) is 22.5. The van der Waals surface area contributed by atoms with Crippen LogP contribution in [-0.2, 0) is 10.7 Å². The quantitative estimate of drug-likeness (QED) is 0.111. The molecule has 0 amide bonds. The summed E-state index contributed by atoms with van der Waals surface area (Å²) in [5, 5.41) is 12.1. The van der Waals surface area contributed by atoms with Gasteiger partial charge in [0.1, 0.15) is 0 Å². The van der Waals surface area contributed by atoms with Gasteiger partial charge in [-0.25, -0.2) is 4.79 Å². The number of carbonyl (C=O) groups excluding carboxylic acids is 1. The van der Waals surface area contributed by atoms with Crippen LogP contribution in [0.2, 0.25) is 0 Å². The molecule has 0 saturated carbocycles. The van der Waals surface area contributed by atoms with E-state index < -0.39 is 18.8 Å². The summed E-state index contributed by atoms with van der Waals surface area (Å²) in [4.78, 5) is 27.6. The first kappa shape index (κ1) is 31.4. The molecule has 7 heteroatoms. The second-order valence-corrected chi connectivity index (χ2v) is 17.5. The van der Waals surface area contributed by atoms with Gasteiger partial charge in [0, 0.05) is 0 Å². The van der Waals surface area contributed by atoms with Gasteiger partial charge >= 0.3 is 268 Å². The maximum absolute atomic E-state index is 14.5. The van der Waals surface area contributed by atoms with E-state index in [4.69, 9.17) is 9.63 Å². The van der Waals surface area contributed by atoms with E-state index in [0.29, 0.717) is 11.7 Å². The Bertz CT molecular complexity index is 1820. The van der Waals surface area contributed by atoms with E-state index in [1.165, 1.54) is 21.6 Å². The molecular weight excluding hydrogens is 628 g/mol. The predicted molar refractivity (Wildman–Crippen MR) is 192 cm³/mol. The summed E-state index contributed by atoms with van der Waals surface area (Å²) in [5.74, 6) is -1.34. The van der Waals surface area contributed by atoms with Gasteiger partial charge in [0.15, 0.2) is 0 Å². The van der Waals surface area contributed by atoms with Crippen LogP contribution in [0, 0.1) is 0 Å². The molecule has 46 heavy (non-hydrogen) atoms. The Kier molecular flexibility index (Phi) is 9.41. The van der Waals surface area contributed by atoms with Crippen molar-refractivity contribution in [2.45, 2.75) is 16.0 Å². The van der Waals surface area contributed by atoms with Crippen LogP contribution >= 0.6 is 28.4 Å². The second-order valence-electron chi connectivity index (χ2n) is 10.8. The monoisotopic (exact) mass is 658 g/mol. The van der Waals surface area contributed by atoms with Gasteiger partial charge in [0.2, 0.25) is 0 Å². The Morgan fingerprint density at radius 1 is 0.500 bits per heavy atom. The number of carboxylic acid groups (broad SMARTS) is 1. The van der Waals surface area contributed by atoms with Crippen LogP contribution < -0.4 is 15.9 Å². The van der Waals surface area contributed by atoms with Gasteiger partial charge in [-0.15, -0.1) is 0 Å². The summed E-state index contributed by atoms with van der Waals surface area (Å²) in [5.41, 5.74) is 1.79. The van der Waals surface area contributed by atoms with Crippen molar-refractivity contribution in [2.24, 2.45) is 0 Å². The van der Waals surface area contributed by atoms with Crippen molar-refractivity contribution in [3.8, 4) is 0 Å². The van der Waals surface area contributed by atoms with Crippen LogP contribution in [-0.4, -0.2) is 17.0 Å². The summed E-state index contributed by atoms with van der Waals surface area (Å²) in [6, 6.07) is 55.1. The van der Waals surface area contributed by atoms with Crippen molar-refractivity contribution < 1.29 is 19.2 Å². The van der Waals surface area contributed by atoms with Crippen LogP contribution in [0.4, 0.5) is 0 Å². The predicted octanol–water partition coefficient (Wildman–Crippen LogP) is 8.99. The van der Waals surface area contributed by atoms with Crippen molar-refractivity contribution in [2.75, 3.05) is 0 Å². The van der Waals surface area contributed by atoms with Gasteiger partial charge in [0.25, 0.3) is 0 Å². The Balaban J connectivity index is 1.42. The number of rotatable bonds is 11. The first-order valence-corrected chi connectivity index (χ1v) is 19.2. The number of hydrogen-bond acceptors (Lipinski definition) is 5. The molecule has 6 rings (SSSR count). The SMILES string of the molecule is O=C(O)c1ccc(SSc2ccc(C(=O)OP(Cc3ccccc3)(c3ccccc3)(c3ccccc3)c3ccccc3)cc2)cc1. The van der Waals surface area contributed by atoms with E-state index in [-0.39, 0.29) is 5.56 Å². The molecule has 0 atom stereocenters. The molecule has 0 aromatic heterocycles. The zero-order valence-electron chi connectivity index (χ0n) is 24.8. The van der Waals surface area contributed by atoms with Crippen molar-refractivity contribution >= 4 is 56.3 Å². The molecule has 6 aromatic rings. The molecule has 0 spiro atoms. The minimum atomic E-state index is -3.98. The molecule has 0 bridgehead atoms. The summed E-state index contributed by atoms with van der Waals surface area (Å²) in [6.45, 7) is -3.98. The summed E-state index contributed by atoms with van der Waals surface area (Å²) < 4.78 is 7.21. The molecule has 6 aromatic carbocycles. The summed E-state index contributed by atoms with van der Waals surface area (Å²) >= 11 is 0. The van der Waals surface area contributed by atoms with Gasteiger partial charge in [-0.1, -0.05) is 0 Å². The number of carbonyl (C=O) groups is 2. The van der Waals surface area contributed by atoms with E-state index in [2.05, 4.69) is 48.5 Å². The summed E-state index contributed by atoms with van der Waals surface area (Å²) in [7, 11) is 3.06. The molecule has 228 valence electrons. The van der Waals surface area contributed by atoms with Gasteiger partial charge in [-0.2, -0.15) is 0 Å². The molecule has 1 N–H and O–H groups in total. The fourth-order valence-corrected chi connectivity index (χ4v) is 13.2. The summed E-state index contributed by atoms with van der Waals surface area (Å²) in [6.07, 6.45) is 0.501. The van der Waals surface area contributed by atoms with Gasteiger partial charge in [-0.05, 0) is 0 Å². The standard InChI is InChI=1S/C39H31O4PS2/c40-38(41)31-21-25-36(26-22-31)45-46-37-27-23-32(24-28-37)39(42)43-44(33-15-7-2-8-16-33,34-17-9-3-10-18-34,35-19-11-4-12-20-35)29-30-13-5-1-6-14-30/h1-28H,29H2,(H,40,41). The average Bonchev–Trinajstić information content (AvgIpc) is 3.12. The Hall–Kier alpha value is -4.61. The fraction of sp³-hybridized carbons (Fsp3) is 0.0256.